The number of aromatic amines is 1. The van der Waals surface area contributed by atoms with Crippen LogP contribution in [0.25, 0.3) is 0 Å². The number of H-pyrrole nitrogens is 1. The zero-order valence-electron chi connectivity index (χ0n) is 13.5. The molecule has 0 bridgehead atoms. The minimum Gasteiger partial charge on any atom is -0.352 e. The summed E-state index contributed by atoms with van der Waals surface area (Å²) in [6, 6.07) is 0.896. The lowest BCUT2D eigenvalue weighted by Crippen LogP contribution is -2.47. The number of hydrogen-bond donors (Lipinski definition) is 3. The quantitative estimate of drug-likeness (QED) is 0.729. The molecule has 3 N–H and O–H groups in total. The largest absolute Gasteiger partial charge is 0.432 e. The van der Waals surface area contributed by atoms with E-state index in [2.05, 4.69) is 15.7 Å². The second-order valence-electron chi connectivity index (χ2n) is 6.53. The van der Waals surface area contributed by atoms with Gasteiger partial charge in [-0.15, -0.1) is 0 Å². The number of carbonyl (C=O) groups is 2. The van der Waals surface area contributed by atoms with Gasteiger partial charge in [-0.05, 0) is 25.7 Å². The van der Waals surface area contributed by atoms with Crippen LogP contribution in [0.3, 0.4) is 0 Å². The summed E-state index contributed by atoms with van der Waals surface area (Å²) < 4.78 is 37.5. The maximum absolute atomic E-state index is 12.5. The lowest BCUT2D eigenvalue weighted by Gasteiger charge is -2.31. The van der Waals surface area contributed by atoms with Crippen molar-refractivity contribution in [3.05, 3.63) is 17.5 Å². The summed E-state index contributed by atoms with van der Waals surface area (Å²) in [4.78, 5) is 25.8. The van der Waals surface area contributed by atoms with Crippen molar-refractivity contribution >= 4 is 11.8 Å². The number of hydrogen-bond acceptors (Lipinski definition) is 4. The predicted octanol–water partition coefficient (Wildman–Crippen LogP) is 0.901. The van der Waals surface area contributed by atoms with Crippen LogP contribution in [0.15, 0.2) is 6.07 Å². The van der Waals surface area contributed by atoms with Crippen LogP contribution in [0.4, 0.5) is 13.2 Å². The van der Waals surface area contributed by atoms with Gasteiger partial charge in [0.15, 0.2) is 5.69 Å². The van der Waals surface area contributed by atoms with Gasteiger partial charge in [0.2, 0.25) is 5.91 Å². The third-order valence-electron chi connectivity index (χ3n) is 4.35. The highest BCUT2D eigenvalue weighted by molar-refractivity contribution is 5.92. The first-order chi connectivity index (χ1) is 11.8. The van der Waals surface area contributed by atoms with Gasteiger partial charge in [0.25, 0.3) is 5.91 Å². The van der Waals surface area contributed by atoms with E-state index in [9.17, 15) is 22.8 Å². The van der Waals surface area contributed by atoms with Gasteiger partial charge in [0.05, 0.1) is 6.54 Å². The van der Waals surface area contributed by atoms with Gasteiger partial charge in [-0.3, -0.25) is 19.6 Å². The molecule has 7 nitrogen and oxygen atoms in total. The highest BCUT2D eigenvalue weighted by Gasteiger charge is 2.34. The molecule has 138 valence electrons. The van der Waals surface area contributed by atoms with E-state index >= 15 is 0 Å². The zero-order valence-corrected chi connectivity index (χ0v) is 13.5. The average molecular weight is 359 g/mol. The summed E-state index contributed by atoms with van der Waals surface area (Å²) in [6.45, 7) is 1.64. The third kappa shape index (κ3) is 4.94. The van der Waals surface area contributed by atoms with Gasteiger partial charge in [-0.2, -0.15) is 18.3 Å². The van der Waals surface area contributed by atoms with Crippen LogP contribution in [0.1, 0.15) is 41.9 Å². The topological polar surface area (TPSA) is 90.1 Å². The second-order valence-corrected chi connectivity index (χ2v) is 6.53. The molecule has 0 unspecified atom stereocenters. The van der Waals surface area contributed by atoms with Gasteiger partial charge < -0.3 is 10.6 Å². The first-order valence-electron chi connectivity index (χ1n) is 8.26. The van der Waals surface area contributed by atoms with Crippen molar-refractivity contribution in [3.8, 4) is 0 Å². The minimum absolute atomic E-state index is 0.0150. The van der Waals surface area contributed by atoms with Gasteiger partial charge in [0.1, 0.15) is 5.69 Å². The van der Waals surface area contributed by atoms with E-state index in [1.54, 1.807) is 0 Å². The number of nitrogens with one attached hydrogen (secondary N) is 3. The first kappa shape index (κ1) is 17.7. The number of halogens is 3. The summed E-state index contributed by atoms with van der Waals surface area (Å²) in [5.41, 5.74) is -1.33. The van der Waals surface area contributed by atoms with E-state index in [4.69, 9.17) is 0 Å². The van der Waals surface area contributed by atoms with Crippen LogP contribution in [-0.4, -0.2) is 58.6 Å². The number of piperidine rings is 1. The molecule has 0 atom stereocenters. The van der Waals surface area contributed by atoms with E-state index in [1.807, 2.05) is 10.00 Å². The molecule has 0 radical (unpaired) electrons. The molecule has 1 saturated heterocycles. The number of amides is 2. The van der Waals surface area contributed by atoms with E-state index in [0.29, 0.717) is 44.6 Å². The van der Waals surface area contributed by atoms with Gasteiger partial charge in [0, 0.05) is 31.2 Å². The monoisotopic (exact) mass is 359 g/mol. The number of carbonyl (C=O) groups excluding carboxylic acids is 2. The zero-order chi connectivity index (χ0) is 18.0. The Morgan fingerprint density at radius 3 is 2.36 bits per heavy atom. The van der Waals surface area contributed by atoms with Crippen molar-refractivity contribution in [1.29, 1.82) is 0 Å². The van der Waals surface area contributed by atoms with Crippen LogP contribution in [0.2, 0.25) is 0 Å². The van der Waals surface area contributed by atoms with Crippen LogP contribution >= 0.6 is 0 Å². The normalized spacial score (nSPS) is 19.6. The van der Waals surface area contributed by atoms with Crippen LogP contribution in [0, 0.1) is 0 Å². The molecule has 1 aromatic heterocycles. The standard InChI is InChI=1S/C15H20F3N5O2/c16-15(17,18)12-7-11(21-22-12)14(25)20-10-3-5-23(6-4-10)8-13(24)19-9-1-2-9/h7,9-10H,1-6,8H2,(H,19,24)(H,20,25)(H,21,22). The second kappa shape index (κ2) is 7.03. The Morgan fingerprint density at radius 1 is 1.16 bits per heavy atom. The molecule has 10 heteroatoms. The fourth-order valence-electron chi connectivity index (χ4n) is 2.78. The first-order valence-corrected chi connectivity index (χ1v) is 8.26. The van der Waals surface area contributed by atoms with Crippen LogP contribution in [-0.2, 0) is 11.0 Å². The van der Waals surface area contributed by atoms with Crippen molar-refractivity contribution in [2.75, 3.05) is 19.6 Å². The number of likely N-dealkylation sites (tertiary alicyclic amines) is 1. The fraction of sp³-hybridized carbons (Fsp3) is 0.667. The minimum atomic E-state index is -4.56. The summed E-state index contributed by atoms with van der Waals surface area (Å²) in [7, 11) is 0. The molecular formula is C15H20F3N5O2. The molecule has 1 saturated carbocycles. The third-order valence-corrected chi connectivity index (χ3v) is 4.35. The molecule has 1 aliphatic carbocycles. The Balaban J connectivity index is 1.43. The predicted molar refractivity (Wildman–Crippen MR) is 81.7 cm³/mol. The SMILES string of the molecule is O=C(CN1CCC(NC(=O)c2cc(C(F)(F)F)[nH]n2)CC1)NC1CC1. The Labute approximate surface area is 142 Å². The van der Waals surface area contributed by atoms with Crippen molar-refractivity contribution < 1.29 is 22.8 Å². The number of aromatic nitrogens is 2. The molecule has 0 spiro atoms. The van der Waals surface area contributed by atoms with Crippen molar-refractivity contribution in [2.24, 2.45) is 0 Å². The molecule has 1 aliphatic heterocycles. The molecule has 3 rings (SSSR count). The van der Waals surface area contributed by atoms with Crippen LogP contribution < -0.4 is 10.6 Å². The van der Waals surface area contributed by atoms with E-state index < -0.39 is 17.8 Å². The molecule has 2 fully saturated rings. The van der Waals surface area contributed by atoms with Gasteiger partial charge >= 0.3 is 6.18 Å². The molecule has 25 heavy (non-hydrogen) atoms. The maximum atomic E-state index is 12.5. The smallest absolute Gasteiger partial charge is 0.352 e. The van der Waals surface area contributed by atoms with Crippen molar-refractivity contribution in [3.63, 3.8) is 0 Å². The summed E-state index contributed by atoms with van der Waals surface area (Å²) in [5.74, 6) is -0.613. The summed E-state index contributed by atoms with van der Waals surface area (Å²) in [6.07, 6.45) is -1.19. The number of rotatable bonds is 5. The average Bonchev–Trinajstić information content (AvgIpc) is 3.18. The molecule has 2 amide bonds. The number of nitrogens with zero attached hydrogens (tertiary/aromatic N) is 2. The van der Waals surface area contributed by atoms with Crippen LogP contribution in [0.5, 0.6) is 0 Å². The molecule has 0 aromatic carbocycles. The Bertz CT molecular complexity index is 633. The Morgan fingerprint density at radius 2 is 1.80 bits per heavy atom. The van der Waals surface area contributed by atoms with Crippen molar-refractivity contribution in [1.82, 2.24) is 25.7 Å². The Hall–Kier alpha value is -2.10. The molecular weight excluding hydrogens is 339 g/mol. The summed E-state index contributed by atoms with van der Waals surface area (Å²) >= 11 is 0. The highest BCUT2D eigenvalue weighted by atomic mass is 19.4. The van der Waals surface area contributed by atoms with E-state index in [0.717, 1.165) is 12.8 Å². The molecule has 2 heterocycles. The molecule has 1 aromatic rings. The maximum Gasteiger partial charge on any atom is 0.432 e. The molecule has 2 aliphatic rings. The lowest BCUT2D eigenvalue weighted by atomic mass is 10.0. The van der Waals surface area contributed by atoms with Crippen molar-refractivity contribution in [2.45, 2.75) is 43.9 Å². The number of alkyl halides is 3. The van der Waals surface area contributed by atoms with Gasteiger partial charge in [-0.25, -0.2) is 0 Å². The Kier molecular flexibility index (Phi) is 4.98. The summed E-state index contributed by atoms with van der Waals surface area (Å²) in [5, 5.41) is 10.9. The lowest BCUT2D eigenvalue weighted by molar-refractivity contribution is -0.141. The van der Waals surface area contributed by atoms with E-state index in [-0.39, 0.29) is 17.6 Å². The highest BCUT2D eigenvalue weighted by Crippen LogP contribution is 2.27. The van der Waals surface area contributed by atoms with Gasteiger partial charge in [-0.1, -0.05) is 0 Å². The van der Waals surface area contributed by atoms with E-state index in [1.165, 1.54) is 0 Å². The fourth-order valence-corrected chi connectivity index (χ4v) is 2.78.